The lowest BCUT2D eigenvalue weighted by Crippen LogP contribution is -2.52. The summed E-state index contributed by atoms with van der Waals surface area (Å²) in [5.74, 6) is 0.316. The molecule has 1 aliphatic rings. The van der Waals surface area contributed by atoms with E-state index in [0.29, 0.717) is 22.6 Å². The molecular formula is C22H18BrNO4. The summed E-state index contributed by atoms with van der Waals surface area (Å²) in [5.41, 5.74) is 0.974. The van der Waals surface area contributed by atoms with Crippen LogP contribution in [0.15, 0.2) is 69.8 Å². The minimum Gasteiger partial charge on any atom is -0.464 e. The number of amides is 1. The number of fused-ring (bicyclic) bond motifs is 1. The number of furan rings is 1. The third-order valence-corrected chi connectivity index (χ3v) is 5.22. The van der Waals surface area contributed by atoms with E-state index in [0.717, 1.165) is 10.0 Å². The van der Waals surface area contributed by atoms with Crippen molar-refractivity contribution < 1.29 is 19.1 Å². The van der Waals surface area contributed by atoms with Crippen LogP contribution in [0.5, 0.6) is 0 Å². The average Bonchev–Trinajstić information content (AvgIpc) is 3.13. The summed E-state index contributed by atoms with van der Waals surface area (Å²) in [6, 6.07) is 16.4. The zero-order valence-electron chi connectivity index (χ0n) is 15.1. The fourth-order valence-corrected chi connectivity index (χ4v) is 3.81. The van der Waals surface area contributed by atoms with Crippen LogP contribution in [0.25, 0.3) is 12.2 Å². The van der Waals surface area contributed by atoms with Crippen LogP contribution in [0.2, 0.25) is 0 Å². The molecule has 2 unspecified atom stereocenters. The molecule has 6 heteroatoms. The molecule has 0 saturated heterocycles. The molecule has 1 aliphatic heterocycles. The van der Waals surface area contributed by atoms with Crippen LogP contribution in [-0.2, 0) is 15.1 Å². The molecule has 2 atom stereocenters. The Morgan fingerprint density at radius 2 is 1.96 bits per heavy atom. The van der Waals surface area contributed by atoms with Gasteiger partial charge >= 0.3 is 0 Å². The lowest BCUT2D eigenvalue weighted by molar-refractivity contribution is -0.142. The fraction of sp³-hybridized carbons (Fsp3) is 0.136. The lowest BCUT2D eigenvalue weighted by Gasteiger charge is -2.40. The quantitative estimate of drug-likeness (QED) is 0.631. The summed E-state index contributed by atoms with van der Waals surface area (Å²) < 4.78 is 11.7. The molecule has 1 aromatic heterocycles. The first-order valence-corrected chi connectivity index (χ1v) is 9.50. The van der Waals surface area contributed by atoms with Gasteiger partial charge in [-0.1, -0.05) is 42.5 Å². The van der Waals surface area contributed by atoms with Gasteiger partial charge in [-0.2, -0.15) is 0 Å². The second kappa shape index (κ2) is 7.39. The molecule has 2 aromatic carbocycles. The minimum atomic E-state index is -1.61. The number of hydrogen-bond donors (Lipinski definition) is 2. The Morgan fingerprint density at radius 1 is 1.18 bits per heavy atom. The van der Waals surface area contributed by atoms with Crippen molar-refractivity contribution in [2.24, 2.45) is 0 Å². The third kappa shape index (κ3) is 3.20. The average molecular weight is 440 g/mol. The zero-order chi connectivity index (χ0) is 19.7. The highest BCUT2D eigenvalue weighted by Crippen LogP contribution is 2.42. The van der Waals surface area contributed by atoms with Crippen molar-refractivity contribution in [3.8, 4) is 0 Å². The van der Waals surface area contributed by atoms with Crippen LogP contribution in [-0.4, -0.2) is 24.2 Å². The standard InChI is InChI=1S/C22H18BrNO4/c1-27-20-21(25)24-19-10-8-14(7-9-17-12-16(23)13-28-17)11-18(19)22(20,26)15-5-3-2-4-6-15/h2-13,20,26H,1H3,(H,24,25). The Balaban J connectivity index is 1.82. The number of nitrogens with one attached hydrogen (secondary N) is 1. The Kier molecular flexibility index (Phi) is 4.93. The van der Waals surface area contributed by atoms with Gasteiger partial charge in [0.1, 0.15) is 12.0 Å². The second-order valence-corrected chi connectivity index (χ2v) is 7.46. The van der Waals surface area contributed by atoms with E-state index in [1.165, 1.54) is 7.11 Å². The first kappa shape index (κ1) is 18.7. The topological polar surface area (TPSA) is 71.7 Å². The number of halogens is 1. The monoisotopic (exact) mass is 439 g/mol. The molecule has 142 valence electrons. The summed E-state index contributed by atoms with van der Waals surface area (Å²) in [4.78, 5) is 12.5. The molecule has 0 bridgehead atoms. The van der Waals surface area contributed by atoms with E-state index < -0.39 is 11.7 Å². The maximum atomic E-state index is 12.5. The van der Waals surface area contributed by atoms with Crippen molar-refractivity contribution >= 4 is 39.7 Å². The van der Waals surface area contributed by atoms with E-state index in [2.05, 4.69) is 21.2 Å². The number of methoxy groups -OCH3 is 1. The van der Waals surface area contributed by atoms with E-state index in [4.69, 9.17) is 9.15 Å². The molecular weight excluding hydrogens is 422 g/mol. The number of rotatable bonds is 4. The number of aliphatic hydroxyl groups is 1. The Bertz CT molecular complexity index is 1040. The number of hydrogen-bond acceptors (Lipinski definition) is 4. The van der Waals surface area contributed by atoms with Crippen molar-refractivity contribution in [1.29, 1.82) is 0 Å². The first-order valence-electron chi connectivity index (χ1n) is 8.70. The van der Waals surface area contributed by atoms with Crippen molar-refractivity contribution in [2.75, 3.05) is 12.4 Å². The predicted octanol–water partition coefficient (Wildman–Crippen LogP) is 4.42. The summed E-state index contributed by atoms with van der Waals surface area (Å²) in [5, 5.41) is 14.5. The van der Waals surface area contributed by atoms with Gasteiger partial charge in [0, 0.05) is 18.4 Å². The molecule has 1 amide bonds. The molecule has 3 aromatic rings. The lowest BCUT2D eigenvalue weighted by atomic mass is 9.77. The van der Waals surface area contributed by atoms with Gasteiger partial charge in [0.2, 0.25) is 0 Å². The van der Waals surface area contributed by atoms with E-state index in [9.17, 15) is 9.90 Å². The van der Waals surface area contributed by atoms with Gasteiger partial charge in [-0.05, 0) is 51.3 Å². The SMILES string of the molecule is COC1C(=O)Nc2ccc(C=Cc3cc(Br)co3)cc2C1(O)c1ccccc1. The molecule has 0 fully saturated rings. The number of carbonyl (C=O) groups excluding carboxylic acids is 1. The van der Waals surface area contributed by atoms with Gasteiger partial charge in [-0.15, -0.1) is 0 Å². The van der Waals surface area contributed by atoms with Crippen molar-refractivity contribution in [2.45, 2.75) is 11.7 Å². The minimum absolute atomic E-state index is 0.384. The van der Waals surface area contributed by atoms with Gasteiger partial charge in [0.05, 0.1) is 4.47 Å². The van der Waals surface area contributed by atoms with E-state index >= 15 is 0 Å². The Morgan fingerprint density at radius 3 is 2.64 bits per heavy atom. The zero-order valence-corrected chi connectivity index (χ0v) is 16.6. The molecule has 2 heterocycles. The highest BCUT2D eigenvalue weighted by molar-refractivity contribution is 9.10. The van der Waals surface area contributed by atoms with Crippen molar-refractivity contribution in [3.63, 3.8) is 0 Å². The van der Waals surface area contributed by atoms with Crippen LogP contribution in [0.1, 0.15) is 22.5 Å². The molecule has 0 saturated carbocycles. The number of anilines is 1. The molecule has 5 nitrogen and oxygen atoms in total. The highest BCUT2D eigenvalue weighted by atomic mass is 79.9. The summed E-state index contributed by atoms with van der Waals surface area (Å²) in [7, 11) is 1.42. The highest BCUT2D eigenvalue weighted by Gasteiger charge is 2.49. The maximum absolute atomic E-state index is 12.5. The maximum Gasteiger partial charge on any atom is 0.257 e. The molecule has 0 aliphatic carbocycles. The fourth-order valence-electron chi connectivity index (χ4n) is 3.49. The summed E-state index contributed by atoms with van der Waals surface area (Å²) in [6.07, 6.45) is 4.26. The summed E-state index contributed by atoms with van der Waals surface area (Å²) >= 11 is 3.35. The molecule has 0 radical (unpaired) electrons. The van der Waals surface area contributed by atoms with Gasteiger partial charge in [0.15, 0.2) is 11.7 Å². The first-order chi connectivity index (χ1) is 13.5. The molecule has 28 heavy (non-hydrogen) atoms. The van der Waals surface area contributed by atoms with Crippen LogP contribution in [0.3, 0.4) is 0 Å². The van der Waals surface area contributed by atoms with Crippen molar-refractivity contribution in [1.82, 2.24) is 0 Å². The Labute approximate surface area is 170 Å². The molecule has 2 N–H and O–H groups in total. The smallest absolute Gasteiger partial charge is 0.257 e. The van der Waals surface area contributed by atoms with Crippen LogP contribution < -0.4 is 5.32 Å². The number of benzene rings is 2. The van der Waals surface area contributed by atoms with E-state index in [1.807, 2.05) is 48.6 Å². The molecule has 4 rings (SSSR count). The van der Waals surface area contributed by atoms with Gasteiger partial charge in [0.25, 0.3) is 5.91 Å². The third-order valence-electron chi connectivity index (χ3n) is 4.81. The van der Waals surface area contributed by atoms with Crippen molar-refractivity contribution in [3.05, 3.63) is 87.8 Å². The van der Waals surface area contributed by atoms with Crippen LogP contribution in [0, 0.1) is 0 Å². The number of carbonyl (C=O) groups is 1. The summed E-state index contributed by atoms with van der Waals surface area (Å²) in [6.45, 7) is 0. The van der Waals surface area contributed by atoms with Gasteiger partial charge < -0.3 is 19.6 Å². The van der Waals surface area contributed by atoms with Gasteiger partial charge in [-0.25, -0.2) is 0 Å². The van der Waals surface area contributed by atoms with E-state index in [-0.39, 0.29) is 5.91 Å². The normalized spacial score (nSPS) is 21.5. The molecule has 0 spiro atoms. The van der Waals surface area contributed by atoms with Crippen LogP contribution >= 0.6 is 15.9 Å². The van der Waals surface area contributed by atoms with Crippen LogP contribution in [0.4, 0.5) is 5.69 Å². The Hall–Kier alpha value is -2.67. The largest absolute Gasteiger partial charge is 0.464 e. The predicted molar refractivity (Wildman–Crippen MR) is 111 cm³/mol. The van der Waals surface area contributed by atoms with E-state index in [1.54, 1.807) is 24.5 Å². The number of ether oxygens (including phenoxy) is 1. The second-order valence-electron chi connectivity index (χ2n) is 6.54. The van der Waals surface area contributed by atoms with Gasteiger partial charge in [-0.3, -0.25) is 4.79 Å².